The number of carbonyl (C=O) groups is 1. The molecule has 0 bridgehead atoms. The summed E-state index contributed by atoms with van der Waals surface area (Å²) in [5, 5.41) is 3.05. The van der Waals surface area contributed by atoms with Crippen LogP contribution in [0.1, 0.15) is 16.7 Å². The molecule has 0 heterocycles. The molecular weight excluding hydrogens is 334 g/mol. The number of nitrogens with one attached hydrogen (secondary N) is 1. The van der Waals surface area contributed by atoms with Crippen molar-refractivity contribution in [1.29, 1.82) is 0 Å². The van der Waals surface area contributed by atoms with Crippen molar-refractivity contribution in [2.45, 2.75) is 20.0 Å². The Labute approximate surface area is 145 Å². The second kappa shape index (κ2) is 8.22. The number of carbonyl (C=O) groups excluding carboxylic acids is 1. The van der Waals surface area contributed by atoms with Crippen LogP contribution >= 0.6 is 11.6 Å². The molecule has 0 saturated heterocycles. The summed E-state index contributed by atoms with van der Waals surface area (Å²) in [4.78, 5) is 13.6. The molecule has 6 heteroatoms. The molecule has 2 aromatic rings. The second-order valence-corrected chi connectivity index (χ2v) is 6.14. The van der Waals surface area contributed by atoms with Crippen LogP contribution in [0.25, 0.3) is 0 Å². The van der Waals surface area contributed by atoms with Gasteiger partial charge in [0.25, 0.3) is 0 Å². The number of aryl methyl sites for hydroxylation is 1. The molecule has 1 amide bonds. The molecule has 0 unspecified atom stereocenters. The normalized spacial score (nSPS) is 10.9. The number of nitrogens with zero attached hydrogens (tertiary/aromatic N) is 1. The first-order valence-electron chi connectivity index (χ1n) is 7.50. The molecule has 2 rings (SSSR count). The SMILES string of the molecule is Cc1ccc(CNC(=O)CN(C)Cc2c(F)cccc2Cl)cc1F. The molecule has 0 atom stereocenters. The lowest BCUT2D eigenvalue weighted by molar-refractivity contribution is -0.122. The predicted octanol–water partition coefficient (Wildman–Crippen LogP) is 3.67. The molecule has 0 aliphatic rings. The number of amides is 1. The fourth-order valence-electron chi connectivity index (χ4n) is 2.26. The smallest absolute Gasteiger partial charge is 0.234 e. The van der Waals surface area contributed by atoms with Crippen LogP contribution in [0.4, 0.5) is 8.78 Å². The second-order valence-electron chi connectivity index (χ2n) is 5.73. The fraction of sp³-hybridized carbons (Fsp3) is 0.278. The average molecular weight is 353 g/mol. The van der Waals surface area contributed by atoms with E-state index in [1.807, 2.05) is 0 Å². The molecule has 0 aliphatic heterocycles. The minimum Gasteiger partial charge on any atom is -0.351 e. The minimum atomic E-state index is -0.398. The standard InChI is InChI=1S/C18H19ClF2N2O/c1-12-6-7-13(8-17(12)21)9-22-18(24)11-23(2)10-14-15(19)4-3-5-16(14)20/h3-8H,9-11H2,1-2H3,(H,22,24). The van der Waals surface area contributed by atoms with E-state index in [4.69, 9.17) is 11.6 Å². The van der Waals surface area contributed by atoms with E-state index in [9.17, 15) is 13.6 Å². The Morgan fingerprint density at radius 1 is 1.21 bits per heavy atom. The third-order valence-corrected chi connectivity index (χ3v) is 3.98. The van der Waals surface area contributed by atoms with E-state index in [2.05, 4.69) is 5.32 Å². The molecule has 0 aliphatic carbocycles. The van der Waals surface area contributed by atoms with Crippen molar-refractivity contribution >= 4 is 17.5 Å². The van der Waals surface area contributed by atoms with Crippen LogP contribution in [-0.4, -0.2) is 24.4 Å². The van der Waals surface area contributed by atoms with Crippen molar-refractivity contribution in [2.75, 3.05) is 13.6 Å². The Kier molecular flexibility index (Phi) is 6.29. The number of halogens is 3. The Bertz CT molecular complexity index is 717. The van der Waals surface area contributed by atoms with E-state index in [0.717, 1.165) is 0 Å². The van der Waals surface area contributed by atoms with Crippen molar-refractivity contribution in [3.05, 3.63) is 69.7 Å². The van der Waals surface area contributed by atoms with Gasteiger partial charge in [-0.25, -0.2) is 8.78 Å². The van der Waals surface area contributed by atoms with Crippen LogP contribution in [0.5, 0.6) is 0 Å². The van der Waals surface area contributed by atoms with Gasteiger partial charge in [0.05, 0.1) is 6.54 Å². The Balaban J connectivity index is 1.86. The van der Waals surface area contributed by atoms with E-state index in [0.29, 0.717) is 21.7 Å². The molecule has 0 spiro atoms. The van der Waals surface area contributed by atoms with Crippen LogP contribution < -0.4 is 5.32 Å². The molecule has 0 fully saturated rings. The quantitative estimate of drug-likeness (QED) is 0.860. The summed E-state index contributed by atoms with van der Waals surface area (Å²) in [6.45, 7) is 2.22. The fourth-order valence-corrected chi connectivity index (χ4v) is 2.48. The van der Waals surface area contributed by atoms with E-state index in [1.54, 1.807) is 37.1 Å². The Hall–Kier alpha value is -1.98. The first-order valence-corrected chi connectivity index (χ1v) is 7.87. The van der Waals surface area contributed by atoms with Gasteiger partial charge < -0.3 is 5.32 Å². The van der Waals surface area contributed by atoms with Crippen molar-refractivity contribution in [2.24, 2.45) is 0 Å². The lowest BCUT2D eigenvalue weighted by Crippen LogP contribution is -2.34. The number of likely N-dealkylation sites (N-methyl/N-ethyl adjacent to an activating group) is 1. The highest BCUT2D eigenvalue weighted by atomic mass is 35.5. The summed E-state index contributed by atoms with van der Waals surface area (Å²) in [6.07, 6.45) is 0. The van der Waals surface area contributed by atoms with Gasteiger partial charge in [0.15, 0.2) is 0 Å². The lowest BCUT2D eigenvalue weighted by atomic mass is 10.1. The zero-order valence-electron chi connectivity index (χ0n) is 13.6. The molecule has 1 N–H and O–H groups in total. The summed E-state index contributed by atoms with van der Waals surface area (Å²) < 4.78 is 27.2. The summed E-state index contributed by atoms with van der Waals surface area (Å²) in [5.41, 5.74) is 1.60. The van der Waals surface area contributed by atoms with E-state index in [-0.39, 0.29) is 31.4 Å². The van der Waals surface area contributed by atoms with Crippen molar-refractivity contribution in [3.8, 4) is 0 Å². The number of benzene rings is 2. The maximum absolute atomic E-state index is 13.7. The summed E-state index contributed by atoms with van der Waals surface area (Å²) in [7, 11) is 1.70. The van der Waals surface area contributed by atoms with Gasteiger partial charge in [-0.05, 0) is 43.3 Å². The summed E-state index contributed by atoms with van der Waals surface area (Å²) in [6, 6.07) is 9.32. The van der Waals surface area contributed by atoms with E-state index < -0.39 is 5.82 Å². The average Bonchev–Trinajstić information content (AvgIpc) is 2.52. The van der Waals surface area contributed by atoms with Crippen molar-refractivity contribution in [3.63, 3.8) is 0 Å². The van der Waals surface area contributed by atoms with Gasteiger partial charge in [-0.3, -0.25) is 9.69 Å². The van der Waals surface area contributed by atoms with Crippen LogP contribution in [0.3, 0.4) is 0 Å². The third-order valence-electron chi connectivity index (χ3n) is 3.63. The Morgan fingerprint density at radius 2 is 1.96 bits per heavy atom. The molecule has 0 radical (unpaired) electrons. The monoisotopic (exact) mass is 352 g/mol. The summed E-state index contributed by atoms with van der Waals surface area (Å²) in [5.74, 6) is -0.927. The number of rotatable bonds is 6. The molecular formula is C18H19ClF2N2O. The van der Waals surface area contributed by atoms with Gasteiger partial charge in [-0.1, -0.05) is 29.8 Å². The number of hydrogen-bond donors (Lipinski definition) is 1. The lowest BCUT2D eigenvalue weighted by Gasteiger charge is -2.17. The van der Waals surface area contributed by atoms with Crippen LogP contribution in [0.15, 0.2) is 36.4 Å². The highest BCUT2D eigenvalue weighted by Crippen LogP contribution is 2.20. The third kappa shape index (κ3) is 5.01. The Morgan fingerprint density at radius 3 is 2.62 bits per heavy atom. The van der Waals surface area contributed by atoms with E-state index >= 15 is 0 Å². The van der Waals surface area contributed by atoms with Gasteiger partial charge in [0, 0.05) is 23.7 Å². The minimum absolute atomic E-state index is 0.0823. The molecule has 0 saturated carbocycles. The highest BCUT2D eigenvalue weighted by Gasteiger charge is 2.12. The molecule has 128 valence electrons. The van der Waals surface area contributed by atoms with Gasteiger partial charge >= 0.3 is 0 Å². The molecule has 2 aromatic carbocycles. The van der Waals surface area contributed by atoms with Crippen LogP contribution in [0.2, 0.25) is 5.02 Å². The van der Waals surface area contributed by atoms with Crippen molar-refractivity contribution in [1.82, 2.24) is 10.2 Å². The van der Waals surface area contributed by atoms with Crippen molar-refractivity contribution < 1.29 is 13.6 Å². The summed E-state index contributed by atoms with van der Waals surface area (Å²) >= 11 is 5.98. The highest BCUT2D eigenvalue weighted by molar-refractivity contribution is 6.31. The van der Waals surface area contributed by atoms with E-state index in [1.165, 1.54) is 18.2 Å². The predicted molar refractivity (Wildman–Crippen MR) is 90.7 cm³/mol. The maximum atomic E-state index is 13.7. The first-order chi connectivity index (χ1) is 11.4. The topological polar surface area (TPSA) is 32.3 Å². The van der Waals surface area contributed by atoms with Gasteiger partial charge in [-0.15, -0.1) is 0 Å². The number of hydrogen-bond acceptors (Lipinski definition) is 2. The zero-order valence-corrected chi connectivity index (χ0v) is 14.3. The van der Waals surface area contributed by atoms with Gasteiger partial charge in [0.2, 0.25) is 5.91 Å². The molecule has 24 heavy (non-hydrogen) atoms. The molecule has 0 aromatic heterocycles. The van der Waals surface area contributed by atoms with Gasteiger partial charge in [-0.2, -0.15) is 0 Å². The van der Waals surface area contributed by atoms with Gasteiger partial charge in [0.1, 0.15) is 11.6 Å². The van der Waals surface area contributed by atoms with Crippen LogP contribution in [0, 0.1) is 18.6 Å². The van der Waals surface area contributed by atoms with Crippen LogP contribution in [-0.2, 0) is 17.9 Å². The molecule has 3 nitrogen and oxygen atoms in total. The zero-order chi connectivity index (χ0) is 17.7. The first kappa shape index (κ1) is 18.4. The largest absolute Gasteiger partial charge is 0.351 e. The maximum Gasteiger partial charge on any atom is 0.234 e.